The standard InChI is InChI=1S/C57H41F3NO5PSSi2/c58-57(59,60)68(63,64)61-67(62)65-55-51(69(43-25-7-1-8-26-43,44-27-9-2-10-28-44)45-29-11-3-12-30-45)39-41-23-19-21-37-49(41)53(55)54-50-38-22-20-24-42(50)40-52(56(54)66-67)70(46-31-13-4-14-32-46,47-33-15-5-16-34-47)48-35-17-6-18-36-48/h1-40H,(H,61,62). The van der Waals surface area contributed by atoms with Crippen LogP contribution in [0, 0.1) is 0 Å². The molecule has 344 valence electrons. The Morgan fingerprint density at radius 1 is 0.400 bits per heavy atom. The van der Waals surface area contributed by atoms with Gasteiger partial charge in [-0.1, -0.05) is 247 Å². The van der Waals surface area contributed by atoms with Crippen LogP contribution in [0.15, 0.2) is 243 Å². The van der Waals surface area contributed by atoms with E-state index in [0.29, 0.717) is 32.3 Å². The average molecular weight is 996 g/mol. The minimum absolute atomic E-state index is 0.0670. The third-order valence-electron chi connectivity index (χ3n) is 13.3. The minimum atomic E-state index is -6.41. The molecule has 10 aromatic rings. The fraction of sp³-hybridized carbons (Fsp3) is 0.0175. The average Bonchev–Trinajstić information content (AvgIpc) is 3.52. The maximum absolute atomic E-state index is 16.3. The molecule has 0 unspecified atom stereocenters. The van der Waals surface area contributed by atoms with Gasteiger partial charge in [0.15, 0.2) is 16.1 Å². The van der Waals surface area contributed by atoms with E-state index in [4.69, 9.17) is 9.05 Å². The Balaban J connectivity index is 1.41. The van der Waals surface area contributed by atoms with Crippen molar-refractivity contribution in [2.24, 2.45) is 0 Å². The van der Waals surface area contributed by atoms with Gasteiger partial charge in [0.1, 0.15) is 11.5 Å². The SMILES string of the molecule is O=P1(NS(=O)(=O)C(F)(F)F)Oc2c([Si](c3ccccc3)(c3ccccc3)c3ccccc3)cc3ccccc3c2-c2c(c([Si](c3ccccc3)(c3ccccc3)c3ccccc3)cc3ccccc23)O1. The number of fused-ring (bicyclic) bond motifs is 7. The first kappa shape index (κ1) is 45.1. The zero-order chi connectivity index (χ0) is 48.1. The summed E-state index contributed by atoms with van der Waals surface area (Å²) >= 11 is 0. The van der Waals surface area contributed by atoms with E-state index in [1.54, 1.807) is 0 Å². The van der Waals surface area contributed by atoms with Gasteiger partial charge in [0.05, 0.1) is 0 Å². The van der Waals surface area contributed by atoms with Crippen molar-refractivity contribution in [1.82, 2.24) is 4.49 Å². The van der Waals surface area contributed by atoms with Crippen molar-refractivity contribution in [2.45, 2.75) is 5.51 Å². The van der Waals surface area contributed by atoms with Crippen molar-refractivity contribution in [1.29, 1.82) is 0 Å². The highest BCUT2D eigenvalue weighted by Gasteiger charge is 2.55. The van der Waals surface area contributed by atoms with Gasteiger partial charge < -0.3 is 9.05 Å². The summed E-state index contributed by atoms with van der Waals surface area (Å²) in [6, 6.07) is 78.2. The van der Waals surface area contributed by atoms with Gasteiger partial charge >= 0.3 is 23.3 Å². The van der Waals surface area contributed by atoms with E-state index in [1.165, 1.54) is 4.49 Å². The molecular formula is C57H41F3NO5PSSi2. The minimum Gasteiger partial charge on any atom is -0.403 e. The molecule has 0 radical (unpaired) electrons. The highest BCUT2D eigenvalue weighted by atomic mass is 32.2. The molecule has 13 heteroatoms. The summed E-state index contributed by atoms with van der Waals surface area (Å²) in [6.45, 7) is 0. The Labute approximate surface area is 405 Å². The van der Waals surface area contributed by atoms with Gasteiger partial charge in [-0.05, 0) is 63.0 Å². The van der Waals surface area contributed by atoms with Crippen LogP contribution < -0.4 is 55.0 Å². The number of hydrogen-bond donors (Lipinski definition) is 1. The molecule has 10 aromatic carbocycles. The third kappa shape index (κ3) is 7.33. The Hall–Kier alpha value is -7.32. The van der Waals surface area contributed by atoms with Crippen LogP contribution in [0.3, 0.4) is 0 Å². The second-order valence-corrected chi connectivity index (χ2v) is 28.2. The van der Waals surface area contributed by atoms with Gasteiger partial charge in [0.2, 0.25) is 0 Å². The van der Waals surface area contributed by atoms with E-state index in [2.05, 4.69) is 0 Å². The molecule has 0 amide bonds. The molecule has 11 rings (SSSR count). The number of sulfonamides is 1. The predicted molar refractivity (Wildman–Crippen MR) is 281 cm³/mol. The molecule has 0 fully saturated rings. The molecule has 0 saturated heterocycles. The van der Waals surface area contributed by atoms with Crippen molar-refractivity contribution in [3.63, 3.8) is 0 Å². The van der Waals surface area contributed by atoms with E-state index in [1.807, 2.05) is 243 Å². The van der Waals surface area contributed by atoms with Crippen LogP contribution >= 0.6 is 7.75 Å². The molecule has 1 N–H and O–H groups in total. The van der Waals surface area contributed by atoms with E-state index in [-0.39, 0.29) is 11.5 Å². The Bertz CT molecular complexity index is 3310. The van der Waals surface area contributed by atoms with E-state index in [0.717, 1.165) is 41.9 Å². The lowest BCUT2D eigenvalue weighted by atomic mass is 9.92. The second kappa shape index (κ2) is 17.6. The summed E-state index contributed by atoms with van der Waals surface area (Å²) in [5.41, 5.74) is -5.12. The molecule has 1 aliphatic heterocycles. The van der Waals surface area contributed by atoms with Crippen LogP contribution in [0.4, 0.5) is 13.2 Å². The van der Waals surface area contributed by atoms with Crippen LogP contribution in [0.2, 0.25) is 0 Å². The topological polar surface area (TPSA) is 81.7 Å². The first-order valence-corrected chi connectivity index (χ1v) is 29.5. The Morgan fingerprint density at radius 2 is 0.657 bits per heavy atom. The number of benzene rings is 10. The van der Waals surface area contributed by atoms with Gasteiger partial charge in [-0.3, -0.25) is 0 Å². The maximum atomic E-state index is 16.3. The fourth-order valence-electron chi connectivity index (χ4n) is 10.5. The lowest BCUT2D eigenvalue weighted by Crippen LogP contribution is -2.75. The number of rotatable bonds is 10. The highest BCUT2D eigenvalue weighted by molar-refractivity contribution is 7.95. The number of alkyl halides is 3. The maximum Gasteiger partial charge on any atom is 0.526 e. The zero-order valence-corrected chi connectivity index (χ0v) is 40.8. The monoisotopic (exact) mass is 995 g/mol. The Morgan fingerprint density at radius 3 is 0.929 bits per heavy atom. The number of nitrogens with one attached hydrogen (secondary N) is 1. The highest BCUT2D eigenvalue weighted by Crippen LogP contribution is 2.57. The van der Waals surface area contributed by atoms with E-state index >= 15 is 4.57 Å². The van der Waals surface area contributed by atoms with Gasteiger partial charge in [0.25, 0.3) is 0 Å². The number of halogens is 3. The molecular weight excluding hydrogens is 955 g/mol. The van der Waals surface area contributed by atoms with Crippen molar-refractivity contribution in [3.8, 4) is 22.6 Å². The van der Waals surface area contributed by atoms with Gasteiger partial charge in [0, 0.05) is 11.1 Å². The molecule has 1 heterocycles. The molecule has 0 aromatic heterocycles. The first-order chi connectivity index (χ1) is 34.0. The molecule has 0 aliphatic carbocycles. The van der Waals surface area contributed by atoms with Crippen LogP contribution in [0.25, 0.3) is 32.7 Å². The molecule has 6 nitrogen and oxygen atoms in total. The summed E-state index contributed by atoms with van der Waals surface area (Å²) < 4.78 is 103. The quantitative estimate of drug-likeness (QED) is 0.0843. The lowest BCUT2D eigenvalue weighted by molar-refractivity contribution is -0.0443. The fourth-order valence-corrected chi connectivity index (χ4v) is 23.2. The first-order valence-electron chi connectivity index (χ1n) is 22.5. The van der Waals surface area contributed by atoms with Crippen LogP contribution in [-0.2, 0) is 14.6 Å². The van der Waals surface area contributed by atoms with Crippen LogP contribution in [-0.4, -0.2) is 30.1 Å². The summed E-state index contributed by atoms with van der Waals surface area (Å²) in [6.07, 6.45) is 0. The molecule has 0 bridgehead atoms. The predicted octanol–water partition coefficient (Wildman–Crippen LogP) is 8.73. The van der Waals surface area contributed by atoms with Crippen molar-refractivity contribution >= 4 is 97.0 Å². The number of hydrogen-bond acceptors (Lipinski definition) is 5. The molecule has 1 aliphatic rings. The van der Waals surface area contributed by atoms with E-state index in [9.17, 15) is 21.6 Å². The van der Waals surface area contributed by atoms with Crippen molar-refractivity contribution in [3.05, 3.63) is 243 Å². The smallest absolute Gasteiger partial charge is 0.403 e. The van der Waals surface area contributed by atoms with Crippen LogP contribution in [0.5, 0.6) is 11.5 Å². The molecule has 0 spiro atoms. The summed E-state index contributed by atoms with van der Waals surface area (Å²) in [5.74, 6) is -0.134. The Kier molecular flexibility index (Phi) is 11.3. The van der Waals surface area contributed by atoms with Crippen molar-refractivity contribution in [2.75, 3.05) is 0 Å². The van der Waals surface area contributed by atoms with E-state index < -0.39 is 39.4 Å². The second-order valence-electron chi connectivity index (χ2n) is 17.1. The van der Waals surface area contributed by atoms with Gasteiger partial charge in [-0.25, -0.2) is 13.0 Å². The van der Waals surface area contributed by atoms with Crippen molar-refractivity contribution < 1.29 is 35.2 Å². The molecule has 0 atom stereocenters. The zero-order valence-electron chi connectivity index (χ0n) is 37.1. The van der Waals surface area contributed by atoms with Crippen LogP contribution in [0.1, 0.15) is 0 Å². The molecule has 70 heavy (non-hydrogen) atoms. The molecule has 0 saturated carbocycles. The normalized spacial score (nSPS) is 13.6. The summed E-state index contributed by atoms with van der Waals surface area (Å²) in [5, 5.41) is 9.05. The summed E-state index contributed by atoms with van der Waals surface area (Å²) in [4.78, 5) is 0. The third-order valence-corrected chi connectivity index (χ3v) is 26.1. The lowest BCUT2D eigenvalue weighted by Gasteiger charge is -2.36. The largest absolute Gasteiger partial charge is 0.526 e. The van der Waals surface area contributed by atoms with Gasteiger partial charge in [-0.15, -0.1) is 0 Å². The summed E-state index contributed by atoms with van der Waals surface area (Å²) in [7, 11) is -19.7. The van der Waals surface area contributed by atoms with Gasteiger partial charge in [-0.2, -0.15) is 13.2 Å².